The Labute approximate surface area is 181 Å². The van der Waals surface area contributed by atoms with Crippen molar-refractivity contribution in [2.24, 2.45) is 4.99 Å². The molecule has 1 fully saturated rings. The molecule has 0 spiro atoms. The molecule has 0 aliphatic carbocycles. The molecule has 27 heavy (non-hydrogen) atoms. The van der Waals surface area contributed by atoms with E-state index >= 15 is 0 Å². The lowest BCUT2D eigenvalue weighted by molar-refractivity contribution is 0.120. The van der Waals surface area contributed by atoms with Crippen LogP contribution in [0.1, 0.15) is 25.0 Å². The van der Waals surface area contributed by atoms with Crippen LogP contribution in [0.15, 0.2) is 23.2 Å². The van der Waals surface area contributed by atoms with E-state index in [9.17, 15) is 0 Å². The van der Waals surface area contributed by atoms with E-state index in [1.54, 1.807) is 7.11 Å². The molecule has 1 aromatic carbocycles. The topological polar surface area (TPSA) is 52.1 Å². The van der Waals surface area contributed by atoms with Gasteiger partial charge in [0.2, 0.25) is 0 Å². The summed E-state index contributed by atoms with van der Waals surface area (Å²) < 4.78 is 5.48. The van der Waals surface area contributed by atoms with Gasteiger partial charge in [0, 0.05) is 50.9 Å². The Morgan fingerprint density at radius 3 is 2.56 bits per heavy atom. The predicted octanol–water partition coefficient (Wildman–Crippen LogP) is 2.31. The van der Waals surface area contributed by atoms with E-state index < -0.39 is 0 Å². The number of guanidine groups is 1. The SMILES string of the molecule is CCNC(=NCc1ccc(C)cc1OC)NCC(C)N1CCN(C)CC1.I. The smallest absolute Gasteiger partial charge is 0.191 e. The molecule has 7 heteroatoms. The van der Waals surface area contributed by atoms with E-state index in [1.165, 1.54) is 5.56 Å². The van der Waals surface area contributed by atoms with Gasteiger partial charge in [-0.15, -0.1) is 24.0 Å². The van der Waals surface area contributed by atoms with Crippen LogP contribution < -0.4 is 15.4 Å². The maximum Gasteiger partial charge on any atom is 0.191 e. The lowest BCUT2D eigenvalue weighted by Gasteiger charge is -2.36. The second-order valence-corrected chi connectivity index (χ2v) is 7.08. The molecule has 2 N–H and O–H groups in total. The lowest BCUT2D eigenvalue weighted by atomic mass is 10.1. The van der Waals surface area contributed by atoms with Crippen LogP contribution in [0.25, 0.3) is 0 Å². The zero-order chi connectivity index (χ0) is 18.9. The Morgan fingerprint density at radius 1 is 1.22 bits per heavy atom. The number of likely N-dealkylation sites (N-methyl/N-ethyl adjacent to an activating group) is 1. The Balaban J connectivity index is 0.00000364. The number of benzene rings is 1. The van der Waals surface area contributed by atoms with Gasteiger partial charge < -0.3 is 20.3 Å². The van der Waals surface area contributed by atoms with Crippen LogP contribution in [0.4, 0.5) is 0 Å². The zero-order valence-corrected chi connectivity index (χ0v) is 19.7. The summed E-state index contributed by atoms with van der Waals surface area (Å²) >= 11 is 0. The normalized spacial score (nSPS) is 17.1. The van der Waals surface area contributed by atoms with Crippen molar-refractivity contribution in [1.29, 1.82) is 0 Å². The van der Waals surface area contributed by atoms with Gasteiger partial charge in [-0.05, 0) is 39.4 Å². The van der Waals surface area contributed by atoms with Gasteiger partial charge in [0.25, 0.3) is 0 Å². The molecule has 154 valence electrons. The Bertz CT molecular complexity index is 588. The average Bonchev–Trinajstić information content (AvgIpc) is 2.65. The number of ether oxygens (including phenoxy) is 1. The van der Waals surface area contributed by atoms with Gasteiger partial charge in [0.1, 0.15) is 5.75 Å². The second-order valence-electron chi connectivity index (χ2n) is 7.08. The maximum absolute atomic E-state index is 5.48. The molecule has 1 heterocycles. The molecule has 1 unspecified atom stereocenters. The highest BCUT2D eigenvalue weighted by Gasteiger charge is 2.19. The van der Waals surface area contributed by atoms with E-state index in [1.807, 2.05) is 0 Å². The highest BCUT2D eigenvalue weighted by atomic mass is 127. The number of nitrogens with zero attached hydrogens (tertiary/aromatic N) is 3. The van der Waals surface area contributed by atoms with Gasteiger partial charge in [-0.2, -0.15) is 0 Å². The number of aryl methyl sites for hydroxylation is 1. The summed E-state index contributed by atoms with van der Waals surface area (Å²) in [6.45, 7) is 13.3. The van der Waals surface area contributed by atoms with Gasteiger partial charge >= 0.3 is 0 Å². The second kappa shape index (κ2) is 12.4. The highest BCUT2D eigenvalue weighted by Crippen LogP contribution is 2.20. The molecule has 0 bridgehead atoms. The molecule has 1 aliphatic heterocycles. The van der Waals surface area contributed by atoms with Crippen LogP contribution in [0.2, 0.25) is 0 Å². The molecule has 0 saturated carbocycles. The fourth-order valence-electron chi connectivity index (χ4n) is 3.12. The largest absolute Gasteiger partial charge is 0.496 e. The molecule has 1 aromatic rings. The van der Waals surface area contributed by atoms with Crippen LogP contribution in [-0.2, 0) is 6.54 Å². The lowest BCUT2D eigenvalue weighted by Crippen LogP contribution is -2.52. The molecular weight excluding hydrogens is 453 g/mol. The molecule has 0 amide bonds. The molecule has 1 saturated heterocycles. The van der Waals surface area contributed by atoms with Gasteiger partial charge in [-0.3, -0.25) is 4.90 Å². The van der Waals surface area contributed by atoms with Gasteiger partial charge in [-0.1, -0.05) is 12.1 Å². The predicted molar refractivity (Wildman–Crippen MR) is 124 cm³/mol. The van der Waals surface area contributed by atoms with Crippen molar-refractivity contribution in [1.82, 2.24) is 20.4 Å². The van der Waals surface area contributed by atoms with E-state index in [-0.39, 0.29) is 24.0 Å². The van der Waals surface area contributed by atoms with Crippen molar-refractivity contribution in [2.45, 2.75) is 33.4 Å². The van der Waals surface area contributed by atoms with Crippen molar-refractivity contribution < 1.29 is 4.74 Å². The number of methoxy groups -OCH3 is 1. The number of piperazine rings is 1. The van der Waals surface area contributed by atoms with Crippen LogP contribution in [-0.4, -0.2) is 75.2 Å². The molecule has 1 aliphatic rings. The minimum atomic E-state index is 0. The minimum absolute atomic E-state index is 0. The summed E-state index contributed by atoms with van der Waals surface area (Å²) in [5, 5.41) is 6.83. The summed E-state index contributed by atoms with van der Waals surface area (Å²) in [5.74, 6) is 1.76. The number of aliphatic imine (C=N–C) groups is 1. The number of rotatable bonds is 7. The van der Waals surface area contributed by atoms with Gasteiger partial charge in [-0.25, -0.2) is 4.99 Å². The fraction of sp³-hybridized carbons (Fsp3) is 0.650. The summed E-state index contributed by atoms with van der Waals surface area (Å²) in [7, 11) is 3.90. The third kappa shape index (κ3) is 7.83. The zero-order valence-electron chi connectivity index (χ0n) is 17.4. The van der Waals surface area contributed by atoms with Crippen molar-refractivity contribution in [3.05, 3.63) is 29.3 Å². The molecular formula is C20H36IN5O. The van der Waals surface area contributed by atoms with Crippen molar-refractivity contribution in [3.8, 4) is 5.75 Å². The highest BCUT2D eigenvalue weighted by molar-refractivity contribution is 14.0. The maximum atomic E-state index is 5.48. The number of halogens is 1. The first-order chi connectivity index (χ1) is 12.5. The molecule has 6 nitrogen and oxygen atoms in total. The Hall–Kier alpha value is -1.06. The van der Waals surface area contributed by atoms with Crippen LogP contribution in [0.3, 0.4) is 0 Å². The summed E-state index contributed by atoms with van der Waals surface area (Å²) in [6, 6.07) is 6.74. The Kier molecular flexibility index (Phi) is 11.0. The quantitative estimate of drug-likeness (QED) is 0.350. The summed E-state index contributed by atoms with van der Waals surface area (Å²) in [4.78, 5) is 9.67. The minimum Gasteiger partial charge on any atom is -0.496 e. The summed E-state index contributed by atoms with van der Waals surface area (Å²) in [6.07, 6.45) is 0. The summed E-state index contributed by atoms with van der Waals surface area (Å²) in [5.41, 5.74) is 2.29. The van der Waals surface area contributed by atoms with E-state index in [0.29, 0.717) is 12.6 Å². The molecule has 1 atom stereocenters. The van der Waals surface area contributed by atoms with Crippen LogP contribution in [0, 0.1) is 6.92 Å². The van der Waals surface area contributed by atoms with E-state index in [2.05, 4.69) is 66.5 Å². The number of hydrogen-bond acceptors (Lipinski definition) is 4. The third-order valence-corrected chi connectivity index (χ3v) is 4.92. The molecule has 0 radical (unpaired) electrons. The van der Waals surface area contributed by atoms with E-state index in [4.69, 9.17) is 9.73 Å². The van der Waals surface area contributed by atoms with Crippen LogP contribution in [0.5, 0.6) is 5.75 Å². The van der Waals surface area contributed by atoms with Crippen LogP contribution >= 0.6 is 24.0 Å². The first-order valence-electron chi connectivity index (χ1n) is 9.61. The molecule has 2 rings (SSSR count). The van der Waals surface area contributed by atoms with Crippen molar-refractivity contribution >= 4 is 29.9 Å². The van der Waals surface area contributed by atoms with Gasteiger partial charge in [0.15, 0.2) is 5.96 Å². The number of hydrogen-bond donors (Lipinski definition) is 2. The first kappa shape index (κ1) is 24.0. The standard InChI is InChI=1S/C20H35N5O.HI/c1-6-21-20(22-14-17(3)25-11-9-24(4)10-12-25)23-15-18-8-7-16(2)13-19(18)26-5;/h7-8,13,17H,6,9-12,14-15H2,1-5H3,(H2,21,22,23);1H. The monoisotopic (exact) mass is 489 g/mol. The fourth-order valence-corrected chi connectivity index (χ4v) is 3.12. The van der Waals surface area contributed by atoms with Gasteiger partial charge in [0.05, 0.1) is 13.7 Å². The number of nitrogens with one attached hydrogen (secondary N) is 2. The van der Waals surface area contributed by atoms with E-state index in [0.717, 1.165) is 56.5 Å². The third-order valence-electron chi connectivity index (χ3n) is 4.92. The van der Waals surface area contributed by atoms with Crippen molar-refractivity contribution in [2.75, 3.05) is 53.4 Å². The first-order valence-corrected chi connectivity index (χ1v) is 9.61. The Morgan fingerprint density at radius 2 is 1.93 bits per heavy atom. The molecule has 0 aromatic heterocycles. The average molecular weight is 489 g/mol. The van der Waals surface area contributed by atoms with Crippen molar-refractivity contribution in [3.63, 3.8) is 0 Å².